The molecule has 1 amide bonds. The molecule has 0 aromatic heterocycles. The van der Waals surface area contributed by atoms with Crippen LogP contribution in [0.2, 0.25) is 0 Å². The van der Waals surface area contributed by atoms with Crippen LogP contribution in [0, 0.1) is 0 Å². The monoisotopic (exact) mass is 250 g/mol. The van der Waals surface area contributed by atoms with Crippen LogP contribution in [-0.2, 0) is 11.2 Å². The number of hydrogen-bond donors (Lipinski definition) is 2. The lowest BCUT2D eigenvalue weighted by Crippen LogP contribution is -2.45. The number of likely N-dealkylation sites (N-methyl/N-ethyl adjacent to an activating group) is 1. The minimum Gasteiger partial charge on any atom is -0.508 e. The molecule has 100 valence electrons. The molecular formula is C14H22N2O2. The summed E-state index contributed by atoms with van der Waals surface area (Å²) in [7, 11) is 0. The van der Waals surface area contributed by atoms with Crippen LogP contribution in [0.1, 0.15) is 25.8 Å². The summed E-state index contributed by atoms with van der Waals surface area (Å²) in [6.45, 7) is 5.44. The maximum Gasteiger partial charge on any atom is 0.239 e. The molecule has 4 nitrogen and oxygen atoms in total. The van der Waals surface area contributed by atoms with E-state index in [9.17, 15) is 9.90 Å². The molecule has 3 N–H and O–H groups in total. The van der Waals surface area contributed by atoms with Crippen molar-refractivity contribution in [2.45, 2.75) is 32.7 Å². The van der Waals surface area contributed by atoms with E-state index in [1.54, 1.807) is 29.2 Å². The highest BCUT2D eigenvalue weighted by Gasteiger charge is 2.19. The number of amides is 1. The van der Waals surface area contributed by atoms with Gasteiger partial charge in [-0.1, -0.05) is 19.1 Å². The van der Waals surface area contributed by atoms with Gasteiger partial charge in [0.1, 0.15) is 5.75 Å². The van der Waals surface area contributed by atoms with Crippen LogP contribution in [0.5, 0.6) is 5.75 Å². The maximum atomic E-state index is 12.1. The number of rotatable bonds is 6. The zero-order valence-corrected chi connectivity index (χ0v) is 11.1. The molecule has 0 heterocycles. The van der Waals surface area contributed by atoms with Crippen molar-refractivity contribution in [1.82, 2.24) is 4.90 Å². The highest BCUT2D eigenvalue weighted by atomic mass is 16.3. The van der Waals surface area contributed by atoms with Crippen LogP contribution in [0.3, 0.4) is 0 Å². The highest BCUT2D eigenvalue weighted by molar-refractivity contribution is 5.82. The molecule has 1 aromatic carbocycles. The van der Waals surface area contributed by atoms with Gasteiger partial charge in [0, 0.05) is 13.1 Å². The van der Waals surface area contributed by atoms with Crippen molar-refractivity contribution in [2.24, 2.45) is 5.73 Å². The van der Waals surface area contributed by atoms with Crippen LogP contribution in [0.4, 0.5) is 0 Å². The van der Waals surface area contributed by atoms with E-state index in [1.807, 2.05) is 13.8 Å². The average Bonchev–Trinajstić information content (AvgIpc) is 2.37. The van der Waals surface area contributed by atoms with Crippen molar-refractivity contribution >= 4 is 5.91 Å². The molecule has 0 saturated carbocycles. The Balaban J connectivity index is 2.61. The lowest BCUT2D eigenvalue weighted by atomic mass is 10.1. The van der Waals surface area contributed by atoms with Gasteiger partial charge in [-0.3, -0.25) is 4.79 Å². The average molecular weight is 250 g/mol. The second kappa shape index (κ2) is 7.01. The number of carbonyl (C=O) groups excluding carboxylic acids is 1. The Labute approximate surface area is 108 Å². The molecule has 1 rings (SSSR count). The number of benzene rings is 1. The summed E-state index contributed by atoms with van der Waals surface area (Å²) in [6, 6.07) is 6.28. The number of nitrogens with two attached hydrogens (primary N) is 1. The molecular weight excluding hydrogens is 228 g/mol. The Morgan fingerprint density at radius 1 is 1.33 bits per heavy atom. The van der Waals surface area contributed by atoms with Crippen molar-refractivity contribution in [1.29, 1.82) is 0 Å². The summed E-state index contributed by atoms with van der Waals surface area (Å²) >= 11 is 0. The fourth-order valence-corrected chi connectivity index (χ4v) is 1.90. The molecule has 0 saturated heterocycles. The summed E-state index contributed by atoms with van der Waals surface area (Å²) < 4.78 is 0. The van der Waals surface area contributed by atoms with E-state index < -0.39 is 6.04 Å². The van der Waals surface area contributed by atoms with Gasteiger partial charge < -0.3 is 15.7 Å². The number of aromatic hydroxyl groups is 1. The van der Waals surface area contributed by atoms with Gasteiger partial charge in [0.05, 0.1) is 6.04 Å². The third-order valence-electron chi connectivity index (χ3n) is 2.90. The maximum absolute atomic E-state index is 12.1. The zero-order valence-electron chi connectivity index (χ0n) is 11.1. The Morgan fingerprint density at radius 2 is 1.94 bits per heavy atom. The van der Waals surface area contributed by atoms with Gasteiger partial charge >= 0.3 is 0 Å². The number of phenolic OH excluding ortho intramolecular Hbond substituents is 1. The summed E-state index contributed by atoms with van der Waals surface area (Å²) in [6.07, 6.45) is 1.44. The molecule has 1 aromatic rings. The number of phenols is 1. The predicted octanol–water partition coefficient (Wildman–Crippen LogP) is 1.52. The van der Waals surface area contributed by atoms with Gasteiger partial charge in [-0.05, 0) is 37.5 Å². The molecule has 0 aliphatic rings. The second-order valence-electron chi connectivity index (χ2n) is 4.39. The lowest BCUT2D eigenvalue weighted by molar-refractivity contribution is -0.132. The number of hydrogen-bond acceptors (Lipinski definition) is 3. The first-order chi connectivity index (χ1) is 8.58. The molecule has 0 aliphatic heterocycles. The van der Waals surface area contributed by atoms with Crippen LogP contribution in [0.25, 0.3) is 0 Å². The van der Waals surface area contributed by atoms with E-state index in [2.05, 4.69) is 0 Å². The third-order valence-corrected chi connectivity index (χ3v) is 2.90. The number of nitrogens with zero attached hydrogens (tertiary/aromatic N) is 1. The minimum atomic E-state index is -0.513. The summed E-state index contributed by atoms with van der Waals surface area (Å²) in [5, 5.41) is 9.19. The Morgan fingerprint density at radius 3 is 2.44 bits per heavy atom. The Kier molecular flexibility index (Phi) is 5.65. The predicted molar refractivity (Wildman–Crippen MR) is 72.3 cm³/mol. The fourth-order valence-electron chi connectivity index (χ4n) is 1.90. The summed E-state index contributed by atoms with van der Waals surface area (Å²) in [5.41, 5.74) is 6.90. The molecule has 0 unspecified atom stereocenters. The van der Waals surface area contributed by atoms with Crippen molar-refractivity contribution in [3.63, 3.8) is 0 Å². The summed E-state index contributed by atoms with van der Waals surface area (Å²) in [4.78, 5) is 13.9. The minimum absolute atomic E-state index is 0.00701. The molecule has 0 aliphatic carbocycles. The first kappa shape index (κ1) is 14.5. The fraction of sp³-hybridized carbons (Fsp3) is 0.500. The van der Waals surface area contributed by atoms with E-state index in [4.69, 9.17) is 5.73 Å². The number of carbonyl (C=O) groups is 1. The van der Waals surface area contributed by atoms with Gasteiger partial charge in [0.25, 0.3) is 0 Å². The van der Waals surface area contributed by atoms with Gasteiger partial charge in [0.15, 0.2) is 0 Å². The smallest absolute Gasteiger partial charge is 0.239 e. The largest absolute Gasteiger partial charge is 0.508 e. The van der Waals surface area contributed by atoms with Crippen molar-refractivity contribution in [3.05, 3.63) is 29.8 Å². The molecule has 0 bridgehead atoms. The van der Waals surface area contributed by atoms with E-state index in [1.165, 1.54) is 0 Å². The van der Waals surface area contributed by atoms with E-state index >= 15 is 0 Å². The quantitative estimate of drug-likeness (QED) is 0.804. The van der Waals surface area contributed by atoms with Gasteiger partial charge in [-0.25, -0.2) is 0 Å². The standard InChI is InChI=1S/C14H22N2O2/c1-3-9-16(4-2)14(18)13(15)10-11-5-7-12(17)8-6-11/h5-8,13,17H,3-4,9-10,15H2,1-2H3/t13-/m0/s1. The molecule has 0 spiro atoms. The van der Waals surface area contributed by atoms with E-state index in [0.29, 0.717) is 13.0 Å². The van der Waals surface area contributed by atoms with E-state index in [0.717, 1.165) is 18.5 Å². The normalized spacial score (nSPS) is 12.2. The second-order valence-corrected chi connectivity index (χ2v) is 4.39. The molecule has 0 radical (unpaired) electrons. The zero-order chi connectivity index (χ0) is 13.5. The van der Waals surface area contributed by atoms with Crippen molar-refractivity contribution < 1.29 is 9.90 Å². The molecule has 18 heavy (non-hydrogen) atoms. The molecule has 1 atom stereocenters. The SMILES string of the molecule is CCCN(CC)C(=O)[C@@H](N)Cc1ccc(O)cc1. The topological polar surface area (TPSA) is 66.6 Å². The van der Waals surface area contributed by atoms with Crippen LogP contribution in [-0.4, -0.2) is 35.0 Å². The molecule has 0 fully saturated rings. The van der Waals surface area contributed by atoms with Crippen LogP contribution in [0.15, 0.2) is 24.3 Å². The van der Waals surface area contributed by atoms with Crippen molar-refractivity contribution in [2.75, 3.05) is 13.1 Å². The highest BCUT2D eigenvalue weighted by Crippen LogP contribution is 2.11. The van der Waals surface area contributed by atoms with Crippen molar-refractivity contribution in [3.8, 4) is 5.75 Å². The van der Waals surface area contributed by atoms with E-state index in [-0.39, 0.29) is 11.7 Å². The lowest BCUT2D eigenvalue weighted by Gasteiger charge is -2.23. The molecule has 4 heteroatoms. The third kappa shape index (κ3) is 4.04. The van der Waals surface area contributed by atoms with Crippen LogP contribution >= 0.6 is 0 Å². The van der Waals surface area contributed by atoms with Crippen LogP contribution < -0.4 is 5.73 Å². The Hall–Kier alpha value is -1.55. The summed E-state index contributed by atoms with van der Waals surface area (Å²) in [5.74, 6) is 0.215. The van der Waals surface area contributed by atoms with Gasteiger partial charge in [-0.2, -0.15) is 0 Å². The first-order valence-electron chi connectivity index (χ1n) is 6.40. The van der Waals surface area contributed by atoms with Gasteiger partial charge in [-0.15, -0.1) is 0 Å². The Bertz CT molecular complexity index is 376. The first-order valence-corrected chi connectivity index (χ1v) is 6.40. The van der Waals surface area contributed by atoms with Gasteiger partial charge in [0.2, 0.25) is 5.91 Å².